The van der Waals surface area contributed by atoms with Crippen molar-refractivity contribution in [3.63, 3.8) is 0 Å². The molecular formula is C45H51N7O7. The van der Waals surface area contributed by atoms with Crippen molar-refractivity contribution in [3.05, 3.63) is 83.8 Å². The zero-order chi connectivity index (χ0) is 45.7. The number of methoxy groups -OCH3 is 2. The van der Waals surface area contributed by atoms with E-state index < -0.39 is 55.0 Å². The predicted molar refractivity (Wildman–Crippen MR) is 221 cm³/mol. The number of amides is 5. The molecule has 2 bridgehead atoms. The number of alkyl carbamates (subject to hydrolysis) is 2. The van der Waals surface area contributed by atoms with Gasteiger partial charge in [-0.25, -0.2) is 14.6 Å². The number of carbonyl (C=O) groups is 5. The van der Waals surface area contributed by atoms with Crippen molar-refractivity contribution in [1.82, 2.24) is 30.4 Å². The molecule has 59 heavy (non-hydrogen) atoms. The summed E-state index contributed by atoms with van der Waals surface area (Å²) in [5.41, 5.74) is 9.11. The molecule has 14 nitrogen and oxygen atoms in total. The molecule has 3 heterocycles. The minimum atomic E-state index is -3.17. The molecule has 0 spiro atoms. The number of hydrogen-bond donors (Lipinski definition) is 4. The highest BCUT2D eigenvalue weighted by Gasteiger charge is 2.41. The molecule has 4 aromatic rings. The first kappa shape index (κ1) is 33.8. The van der Waals surface area contributed by atoms with Gasteiger partial charge in [-0.1, -0.05) is 48.5 Å². The standard InChI is InChI=1S/C45H51N7O7/c1-25(47-44(56)58-3)42(54)51-20-6-10-36(51)40-46-24-35(50-40)28-14-12-27(13-15-28)33-18-19-34(39-31-17-16-30(22-31)38(33)39)29-8-5-9-32(23-29)49-41(53)37-11-7-21-52(37)43(55)26(2)48-45(57)59-4/h5,8-9,12-15,18-19,23-26,30-31,36-37H,6-7,10-11,16-17,20-22H2,1-4H3,(H,46,50)(H,47,56)(H,48,57)(H,49,53)/t25-,26-,30?,31?,36?,37?/m0/s1/i1D3,25D,26D. The predicted octanol–water partition coefficient (Wildman–Crippen LogP) is 6.86. The van der Waals surface area contributed by atoms with E-state index in [1.54, 1.807) is 6.20 Å². The molecule has 4 unspecified atom stereocenters. The molecule has 2 saturated heterocycles. The average molecular weight is 807 g/mol. The molecule has 4 N–H and O–H groups in total. The molecule has 2 aliphatic carbocycles. The van der Waals surface area contributed by atoms with E-state index >= 15 is 0 Å². The summed E-state index contributed by atoms with van der Waals surface area (Å²) in [6, 6.07) is 13.8. The number of benzene rings is 3. The van der Waals surface area contributed by atoms with E-state index in [0.29, 0.717) is 54.7 Å². The first-order valence-corrected chi connectivity index (χ1v) is 20.0. The van der Waals surface area contributed by atoms with Crippen molar-refractivity contribution in [1.29, 1.82) is 0 Å². The fourth-order valence-electron chi connectivity index (χ4n) is 9.40. The van der Waals surface area contributed by atoms with Crippen LogP contribution in [-0.4, -0.2) is 95.1 Å². The smallest absolute Gasteiger partial charge is 0.407 e. The number of nitrogens with one attached hydrogen (secondary N) is 4. The van der Waals surface area contributed by atoms with Crippen molar-refractivity contribution in [2.45, 2.75) is 94.7 Å². The SMILES string of the molecule is [2H]C([2H])([2H])[C@]([2H])(NC(=O)OC)C(=O)N1CCCC1c1ncc(-c2ccc(-c3ccc(-c4cccc(NC(=O)C5CCCN5C(=O)[C@]([2H])(C)NC(=O)OC)c4)c4c3C3CCC4C3)cc2)[nH]1. The highest BCUT2D eigenvalue weighted by atomic mass is 16.5. The minimum absolute atomic E-state index is 0.191. The van der Waals surface area contributed by atoms with Gasteiger partial charge in [-0.2, -0.15) is 0 Å². The average Bonchev–Trinajstić information content (AvgIpc) is 4.14. The van der Waals surface area contributed by atoms with Gasteiger partial charge >= 0.3 is 12.2 Å². The van der Waals surface area contributed by atoms with Crippen molar-refractivity contribution in [2.24, 2.45) is 0 Å². The van der Waals surface area contributed by atoms with Gasteiger partial charge in [0.05, 0.1) is 34.9 Å². The summed E-state index contributed by atoms with van der Waals surface area (Å²) >= 11 is 0. The van der Waals surface area contributed by atoms with E-state index in [4.69, 9.17) is 6.85 Å². The number of aromatic nitrogens is 2. The molecular weight excluding hydrogens is 751 g/mol. The summed E-state index contributed by atoms with van der Waals surface area (Å²) in [6.07, 6.45) is 4.90. The Labute approximate surface area is 350 Å². The molecule has 8 rings (SSSR count). The first-order valence-electron chi connectivity index (χ1n) is 22.5. The molecule has 2 aliphatic heterocycles. The molecule has 1 aromatic heterocycles. The molecule has 308 valence electrons. The van der Waals surface area contributed by atoms with Crippen LogP contribution >= 0.6 is 0 Å². The zero-order valence-corrected chi connectivity index (χ0v) is 33.2. The van der Waals surface area contributed by atoms with Crippen LogP contribution in [0.2, 0.25) is 0 Å². The largest absolute Gasteiger partial charge is 0.453 e. The summed E-state index contributed by atoms with van der Waals surface area (Å²) in [5, 5.41) is 7.17. The number of H-pyrrole nitrogens is 1. The van der Waals surface area contributed by atoms with Crippen LogP contribution in [0.3, 0.4) is 0 Å². The van der Waals surface area contributed by atoms with Gasteiger partial charge in [0, 0.05) is 22.9 Å². The lowest BCUT2D eigenvalue weighted by Crippen LogP contribution is -2.51. The lowest BCUT2D eigenvalue weighted by molar-refractivity contribution is -0.138. The molecule has 5 amide bonds. The molecule has 3 aromatic carbocycles. The molecule has 1 saturated carbocycles. The van der Waals surface area contributed by atoms with Gasteiger partial charge in [0.2, 0.25) is 17.7 Å². The van der Waals surface area contributed by atoms with Gasteiger partial charge in [-0.15, -0.1) is 0 Å². The zero-order valence-electron chi connectivity index (χ0n) is 38.2. The van der Waals surface area contributed by atoms with Crippen LogP contribution in [0.5, 0.6) is 0 Å². The van der Waals surface area contributed by atoms with Gasteiger partial charge in [-0.3, -0.25) is 14.4 Å². The van der Waals surface area contributed by atoms with E-state index in [-0.39, 0.29) is 19.0 Å². The number of nitrogens with zero attached hydrogens (tertiary/aromatic N) is 3. The molecule has 3 fully saturated rings. The number of imidazole rings is 1. The number of aromatic amines is 1. The Bertz CT molecular complexity index is 2500. The monoisotopic (exact) mass is 806 g/mol. The molecule has 6 atom stereocenters. The number of likely N-dealkylation sites (tertiary alicyclic amines) is 2. The number of fused-ring (bicyclic) bond motifs is 5. The highest BCUT2D eigenvalue weighted by molar-refractivity contribution is 5.99. The van der Waals surface area contributed by atoms with Crippen molar-refractivity contribution < 1.29 is 40.3 Å². The maximum absolute atomic E-state index is 13.7. The minimum Gasteiger partial charge on any atom is -0.453 e. The van der Waals surface area contributed by atoms with Crippen LogP contribution in [0.25, 0.3) is 33.5 Å². The fraction of sp³-hybridized carbons (Fsp3) is 0.422. The summed E-state index contributed by atoms with van der Waals surface area (Å²) < 4.78 is 49.8. The number of ether oxygens (including phenoxy) is 2. The topological polar surface area (TPSA) is 175 Å². The summed E-state index contributed by atoms with van der Waals surface area (Å²) in [5.74, 6) is -0.846. The van der Waals surface area contributed by atoms with Gasteiger partial charge in [0.15, 0.2) is 0 Å². The number of hydrogen-bond acceptors (Lipinski definition) is 8. The summed E-state index contributed by atoms with van der Waals surface area (Å²) in [7, 11) is 2.18. The Morgan fingerprint density at radius 2 is 1.42 bits per heavy atom. The van der Waals surface area contributed by atoms with Crippen LogP contribution in [-0.2, 0) is 23.9 Å². The second-order valence-electron chi connectivity index (χ2n) is 15.6. The lowest BCUT2D eigenvalue weighted by Gasteiger charge is -2.27. The number of carbonyl (C=O) groups excluding carboxylic acids is 5. The van der Waals surface area contributed by atoms with Crippen LogP contribution in [0.4, 0.5) is 15.3 Å². The molecule has 0 radical (unpaired) electrons. The normalized spacial score (nSPS) is 23.9. The summed E-state index contributed by atoms with van der Waals surface area (Å²) in [4.78, 5) is 74.9. The maximum atomic E-state index is 13.7. The van der Waals surface area contributed by atoms with Crippen LogP contribution < -0.4 is 16.0 Å². The van der Waals surface area contributed by atoms with Crippen molar-refractivity contribution in [2.75, 3.05) is 32.6 Å². The second kappa shape index (κ2) is 16.6. The van der Waals surface area contributed by atoms with Gasteiger partial charge in [0.1, 0.15) is 23.9 Å². The Hall–Kier alpha value is -6.18. The first-order chi connectivity index (χ1) is 30.4. The quantitative estimate of drug-likeness (QED) is 0.135. The van der Waals surface area contributed by atoms with E-state index in [2.05, 4.69) is 54.3 Å². The second-order valence-corrected chi connectivity index (χ2v) is 15.6. The van der Waals surface area contributed by atoms with Gasteiger partial charge < -0.3 is 40.2 Å². The maximum Gasteiger partial charge on any atom is 0.407 e. The van der Waals surface area contributed by atoms with Gasteiger partial charge in [-0.05, 0) is 122 Å². The van der Waals surface area contributed by atoms with E-state index in [0.717, 1.165) is 61.3 Å². The number of rotatable bonds is 10. The Morgan fingerprint density at radius 1 is 0.797 bits per heavy atom. The Kier molecular flexibility index (Phi) is 9.49. The van der Waals surface area contributed by atoms with Crippen LogP contribution in [0, 0.1) is 0 Å². The van der Waals surface area contributed by atoms with E-state index in [1.165, 1.54) is 27.9 Å². The number of anilines is 1. The van der Waals surface area contributed by atoms with Crippen molar-refractivity contribution >= 4 is 35.6 Å². The molecule has 4 aliphatic rings. The van der Waals surface area contributed by atoms with Gasteiger partial charge in [0.25, 0.3) is 0 Å². The van der Waals surface area contributed by atoms with Crippen LogP contribution in [0.15, 0.2) is 66.9 Å². The van der Waals surface area contributed by atoms with E-state index in [1.807, 2.05) is 41.7 Å². The summed E-state index contributed by atoms with van der Waals surface area (Å²) in [6.45, 7) is -1.43. The van der Waals surface area contributed by atoms with E-state index in [9.17, 15) is 24.0 Å². The van der Waals surface area contributed by atoms with Crippen LogP contribution in [0.1, 0.15) is 100 Å². The molecule has 14 heteroatoms. The lowest BCUT2D eigenvalue weighted by atomic mass is 9.81. The van der Waals surface area contributed by atoms with Crippen molar-refractivity contribution in [3.8, 4) is 33.5 Å². The Balaban J connectivity index is 0.999. The third kappa shape index (κ3) is 7.75. The Morgan fingerprint density at radius 3 is 2.12 bits per heavy atom. The third-order valence-corrected chi connectivity index (χ3v) is 12.1. The fourth-order valence-corrected chi connectivity index (χ4v) is 9.40. The third-order valence-electron chi connectivity index (χ3n) is 12.1. The highest BCUT2D eigenvalue weighted by Crippen LogP contribution is 2.58.